The zero-order valence-electron chi connectivity index (χ0n) is 18.6. The summed E-state index contributed by atoms with van der Waals surface area (Å²) in [5.41, 5.74) is 3.81. The average molecular weight is 480 g/mol. The van der Waals surface area contributed by atoms with E-state index in [0.717, 1.165) is 26.9 Å². The fraction of sp³-hybridized carbons (Fsp3) is 0.240. The van der Waals surface area contributed by atoms with E-state index in [2.05, 4.69) is 4.98 Å². The fourth-order valence-corrected chi connectivity index (χ4v) is 5.91. The Kier molecular flexibility index (Phi) is 6.85. The Labute approximate surface area is 197 Å². The van der Waals surface area contributed by atoms with Crippen molar-refractivity contribution in [2.24, 2.45) is 0 Å². The molecule has 0 unspecified atom stereocenters. The number of rotatable bonds is 8. The van der Waals surface area contributed by atoms with Crippen LogP contribution in [0.15, 0.2) is 71.9 Å². The van der Waals surface area contributed by atoms with Crippen molar-refractivity contribution in [2.75, 3.05) is 10.7 Å². The molecule has 0 N–H and O–H groups in total. The summed E-state index contributed by atoms with van der Waals surface area (Å²) < 4.78 is 26.3. The number of benzene rings is 2. The van der Waals surface area contributed by atoms with Gasteiger partial charge in [0.05, 0.1) is 27.4 Å². The number of thiazole rings is 1. The molecule has 0 fully saturated rings. The highest BCUT2D eigenvalue weighted by atomic mass is 32.2. The summed E-state index contributed by atoms with van der Waals surface area (Å²) in [6.45, 7) is 4.24. The number of hydrogen-bond acceptors (Lipinski definition) is 6. The number of amides is 1. The molecule has 4 rings (SSSR count). The van der Waals surface area contributed by atoms with E-state index in [0.29, 0.717) is 11.7 Å². The van der Waals surface area contributed by atoms with Gasteiger partial charge in [-0.1, -0.05) is 47.2 Å². The molecule has 33 heavy (non-hydrogen) atoms. The Morgan fingerprint density at radius 2 is 1.82 bits per heavy atom. The largest absolute Gasteiger partial charge is 0.284 e. The first kappa shape index (κ1) is 23.1. The Hall–Kier alpha value is -3.10. The van der Waals surface area contributed by atoms with Crippen molar-refractivity contribution in [2.45, 2.75) is 38.1 Å². The van der Waals surface area contributed by atoms with E-state index < -0.39 is 9.84 Å². The van der Waals surface area contributed by atoms with Gasteiger partial charge in [0.25, 0.3) is 0 Å². The van der Waals surface area contributed by atoms with Crippen LogP contribution in [-0.4, -0.2) is 30.0 Å². The highest BCUT2D eigenvalue weighted by Crippen LogP contribution is 2.32. The minimum atomic E-state index is -3.44. The third-order valence-electron chi connectivity index (χ3n) is 5.39. The lowest BCUT2D eigenvalue weighted by atomic mass is 10.2. The number of aryl methyl sites for hydroxylation is 2. The third-order valence-corrected chi connectivity index (χ3v) is 8.25. The number of anilines is 1. The van der Waals surface area contributed by atoms with Crippen LogP contribution in [-0.2, 0) is 21.2 Å². The van der Waals surface area contributed by atoms with Gasteiger partial charge >= 0.3 is 0 Å². The highest BCUT2D eigenvalue weighted by Gasteiger charge is 2.22. The Morgan fingerprint density at radius 3 is 2.52 bits per heavy atom. The van der Waals surface area contributed by atoms with Crippen molar-refractivity contribution >= 4 is 42.4 Å². The molecule has 0 aliphatic rings. The van der Waals surface area contributed by atoms with Crippen molar-refractivity contribution in [1.82, 2.24) is 9.97 Å². The number of pyridine rings is 1. The first-order chi connectivity index (χ1) is 15.8. The van der Waals surface area contributed by atoms with E-state index in [1.165, 1.54) is 11.3 Å². The zero-order valence-corrected chi connectivity index (χ0v) is 20.2. The van der Waals surface area contributed by atoms with Crippen LogP contribution in [0.25, 0.3) is 10.2 Å². The number of fused-ring (bicyclic) bond motifs is 1. The first-order valence-corrected chi connectivity index (χ1v) is 13.2. The maximum atomic E-state index is 13.3. The van der Waals surface area contributed by atoms with Gasteiger partial charge in [0.1, 0.15) is 0 Å². The second-order valence-electron chi connectivity index (χ2n) is 7.99. The van der Waals surface area contributed by atoms with Gasteiger partial charge in [-0.15, -0.1) is 0 Å². The number of hydrogen-bond donors (Lipinski definition) is 0. The van der Waals surface area contributed by atoms with Crippen LogP contribution in [0, 0.1) is 13.8 Å². The summed E-state index contributed by atoms with van der Waals surface area (Å²) in [7, 11) is -3.44. The van der Waals surface area contributed by atoms with Gasteiger partial charge in [-0.25, -0.2) is 13.4 Å². The monoisotopic (exact) mass is 479 g/mol. The molecule has 2 aromatic carbocycles. The molecule has 4 aromatic rings. The summed E-state index contributed by atoms with van der Waals surface area (Å²) in [6, 6.07) is 16.5. The lowest BCUT2D eigenvalue weighted by molar-refractivity contribution is -0.118. The molecule has 1 amide bonds. The maximum absolute atomic E-state index is 13.3. The minimum absolute atomic E-state index is 0.0819. The van der Waals surface area contributed by atoms with Gasteiger partial charge in [-0.05, 0) is 55.7 Å². The second kappa shape index (κ2) is 9.80. The van der Waals surface area contributed by atoms with Crippen LogP contribution in [0.2, 0.25) is 0 Å². The molecule has 170 valence electrons. The van der Waals surface area contributed by atoms with Crippen LogP contribution >= 0.6 is 11.3 Å². The molecule has 0 saturated heterocycles. The SMILES string of the molecule is Cc1ccc(S(=O)(=O)CCCC(=O)N(Cc2cccnc2)c2nc3c(C)cccc3s2)cc1. The molecule has 8 heteroatoms. The number of aromatic nitrogens is 2. The standard InChI is InChI=1S/C25H25N3O3S2/c1-18-10-12-21(13-11-18)33(30,31)15-5-9-23(29)28(17-20-7-4-14-26-16-20)25-27-24-19(2)6-3-8-22(24)32-25/h3-4,6-8,10-14,16H,5,9,15,17H2,1-2H3. The molecule has 0 bridgehead atoms. The van der Waals surface area contributed by atoms with E-state index in [9.17, 15) is 13.2 Å². The lowest BCUT2D eigenvalue weighted by Gasteiger charge is -2.20. The minimum Gasteiger partial charge on any atom is -0.284 e. The van der Waals surface area contributed by atoms with Gasteiger partial charge in [0, 0.05) is 18.8 Å². The predicted molar refractivity (Wildman–Crippen MR) is 132 cm³/mol. The van der Waals surface area contributed by atoms with E-state index in [1.54, 1.807) is 41.6 Å². The smallest absolute Gasteiger partial charge is 0.229 e. The van der Waals surface area contributed by atoms with Crippen LogP contribution in [0.1, 0.15) is 29.5 Å². The first-order valence-electron chi connectivity index (χ1n) is 10.7. The van der Waals surface area contributed by atoms with E-state index in [4.69, 9.17) is 4.98 Å². The molecular formula is C25H25N3O3S2. The molecule has 0 atom stereocenters. The van der Waals surface area contributed by atoms with Crippen molar-refractivity contribution < 1.29 is 13.2 Å². The molecule has 0 radical (unpaired) electrons. The summed E-state index contributed by atoms with van der Waals surface area (Å²) in [4.78, 5) is 24.1. The predicted octanol–water partition coefficient (Wildman–Crippen LogP) is 5.10. The number of nitrogens with zero attached hydrogens (tertiary/aromatic N) is 3. The molecule has 0 saturated carbocycles. The van der Waals surface area contributed by atoms with Crippen LogP contribution in [0.5, 0.6) is 0 Å². The van der Waals surface area contributed by atoms with Gasteiger partial charge in [0.2, 0.25) is 5.91 Å². The van der Waals surface area contributed by atoms with Crippen molar-refractivity contribution in [3.63, 3.8) is 0 Å². The van der Waals surface area contributed by atoms with Crippen molar-refractivity contribution in [3.05, 3.63) is 83.7 Å². The van der Waals surface area contributed by atoms with Gasteiger partial charge in [-0.2, -0.15) is 0 Å². The molecule has 2 aromatic heterocycles. The van der Waals surface area contributed by atoms with Crippen molar-refractivity contribution in [1.29, 1.82) is 0 Å². The maximum Gasteiger partial charge on any atom is 0.229 e. The summed E-state index contributed by atoms with van der Waals surface area (Å²) in [5.74, 6) is -0.240. The molecule has 2 heterocycles. The second-order valence-corrected chi connectivity index (χ2v) is 11.1. The fourth-order valence-electron chi connectivity index (χ4n) is 3.54. The Morgan fingerprint density at radius 1 is 1.03 bits per heavy atom. The quantitative estimate of drug-likeness (QED) is 0.351. The number of carbonyl (C=O) groups is 1. The zero-order chi connectivity index (χ0) is 23.4. The molecular weight excluding hydrogens is 454 g/mol. The van der Waals surface area contributed by atoms with Gasteiger partial charge in [-0.3, -0.25) is 14.7 Å². The number of carbonyl (C=O) groups excluding carboxylic acids is 1. The average Bonchev–Trinajstić information content (AvgIpc) is 3.23. The highest BCUT2D eigenvalue weighted by molar-refractivity contribution is 7.91. The molecule has 0 aliphatic carbocycles. The van der Waals surface area contributed by atoms with E-state index in [-0.39, 0.29) is 29.4 Å². The van der Waals surface area contributed by atoms with Crippen LogP contribution < -0.4 is 4.90 Å². The van der Waals surface area contributed by atoms with Crippen LogP contribution in [0.4, 0.5) is 5.13 Å². The van der Waals surface area contributed by atoms with Crippen molar-refractivity contribution in [3.8, 4) is 0 Å². The number of sulfone groups is 1. The molecule has 0 spiro atoms. The summed E-state index contributed by atoms with van der Waals surface area (Å²) in [5, 5.41) is 0.606. The third kappa shape index (κ3) is 5.46. The Bertz CT molecular complexity index is 1370. The molecule has 6 nitrogen and oxygen atoms in total. The van der Waals surface area contributed by atoms with Gasteiger partial charge < -0.3 is 0 Å². The summed E-state index contributed by atoms with van der Waals surface area (Å²) >= 11 is 1.46. The summed E-state index contributed by atoms with van der Waals surface area (Å²) in [6.07, 6.45) is 3.76. The topological polar surface area (TPSA) is 80.2 Å². The van der Waals surface area contributed by atoms with Gasteiger partial charge in [0.15, 0.2) is 15.0 Å². The van der Waals surface area contributed by atoms with Crippen LogP contribution in [0.3, 0.4) is 0 Å². The molecule has 0 aliphatic heterocycles. The van der Waals surface area contributed by atoms with E-state index in [1.807, 2.05) is 44.2 Å². The normalized spacial score (nSPS) is 11.6. The lowest BCUT2D eigenvalue weighted by Crippen LogP contribution is -2.30. The van der Waals surface area contributed by atoms with E-state index >= 15 is 0 Å². The number of para-hydroxylation sites is 1. The Balaban J connectivity index is 1.53.